The third-order valence-electron chi connectivity index (χ3n) is 2.99. The van der Waals surface area contributed by atoms with Crippen LogP contribution < -0.4 is 10.1 Å². The second-order valence-corrected chi connectivity index (χ2v) is 5.10. The summed E-state index contributed by atoms with van der Waals surface area (Å²) >= 11 is 0. The molecule has 0 aliphatic rings. The maximum Gasteiger partial charge on any atom is 0.224 e. The zero-order valence-electron chi connectivity index (χ0n) is 13.0. The number of nitrogens with zero attached hydrogens (tertiary/aromatic N) is 2. The molecule has 0 amide bonds. The van der Waals surface area contributed by atoms with Crippen molar-refractivity contribution in [3.05, 3.63) is 41.7 Å². The predicted molar refractivity (Wildman–Crippen MR) is 86.1 cm³/mol. The number of hydrogen-bond acceptors (Lipinski definition) is 4. The molecule has 0 radical (unpaired) electrons. The Kier molecular flexibility index (Phi) is 5.55. The number of anilines is 1. The number of benzene rings is 1. The van der Waals surface area contributed by atoms with Gasteiger partial charge < -0.3 is 10.1 Å². The van der Waals surface area contributed by atoms with E-state index in [4.69, 9.17) is 4.74 Å². The third-order valence-corrected chi connectivity index (χ3v) is 2.99. The first kappa shape index (κ1) is 15.3. The van der Waals surface area contributed by atoms with Gasteiger partial charge in [-0.1, -0.05) is 26.0 Å². The summed E-state index contributed by atoms with van der Waals surface area (Å²) in [5, 5.41) is 3.30. The number of ether oxygens (including phenoxy) is 1. The first-order chi connectivity index (χ1) is 10.2. The maximum atomic E-state index is 5.88. The molecule has 0 aliphatic heterocycles. The average Bonchev–Trinajstić information content (AvgIpc) is 2.45. The van der Waals surface area contributed by atoms with Crippen LogP contribution in [0.3, 0.4) is 0 Å². The minimum absolute atomic E-state index is 0.595. The minimum Gasteiger partial charge on any atom is -0.439 e. The van der Waals surface area contributed by atoms with E-state index < -0.39 is 0 Å². The van der Waals surface area contributed by atoms with Crippen molar-refractivity contribution in [2.75, 3.05) is 11.9 Å². The van der Waals surface area contributed by atoms with E-state index in [-0.39, 0.29) is 0 Å². The Morgan fingerprint density at radius 2 is 1.95 bits per heavy atom. The Labute approximate surface area is 126 Å². The molecule has 112 valence electrons. The van der Waals surface area contributed by atoms with E-state index in [1.54, 1.807) is 0 Å². The van der Waals surface area contributed by atoms with E-state index in [9.17, 15) is 0 Å². The lowest BCUT2D eigenvalue weighted by Gasteiger charge is -2.10. The van der Waals surface area contributed by atoms with Gasteiger partial charge in [-0.25, -0.2) is 4.98 Å². The SMILES string of the molecule is CCCNc1cc(Oc2cccc(C)c2)nc(CCC)n1. The van der Waals surface area contributed by atoms with Crippen LogP contribution in [0, 0.1) is 6.92 Å². The fourth-order valence-corrected chi connectivity index (χ4v) is 2.00. The van der Waals surface area contributed by atoms with Crippen LogP contribution in [0.25, 0.3) is 0 Å². The molecule has 1 aromatic carbocycles. The summed E-state index contributed by atoms with van der Waals surface area (Å²) in [6, 6.07) is 9.82. The van der Waals surface area contributed by atoms with Gasteiger partial charge in [-0.05, 0) is 37.5 Å². The lowest BCUT2D eigenvalue weighted by Crippen LogP contribution is -2.06. The van der Waals surface area contributed by atoms with Gasteiger partial charge in [0.15, 0.2) is 0 Å². The molecule has 1 aromatic heterocycles. The van der Waals surface area contributed by atoms with E-state index in [1.807, 2.05) is 37.3 Å². The summed E-state index contributed by atoms with van der Waals surface area (Å²) in [6.45, 7) is 7.19. The van der Waals surface area contributed by atoms with Crippen LogP contribution >= 0.6 is 0 Å². The highest BCUT2D eigenvalue weighted by Gasteiger charge is 2.06. The molecule has 2 aromatic rings. The molecule has 1 heterocycles. The fraction of sp³-hybridized carbons (Fsp3) is 0.412. The minimum atomic E-state index is 0.595. The first-order valence-corrected chi connectivity index (χ1v) is 7.57. The molecular weight excluding hydrogens is 262 g/mol. The molecule has 21 heavy (non-hydrogen) atoms. The highest BCUT2D eigenvalue weighted by Crippen LogP contribution is 2.22. The summed E-state index contributed by atoms with van der Waals surface area (Å²) < 4.78 is 5.88. The highest BCUT2D eigenvalue weighted by molar-refractivity contribution is 5.40. The number of nitrogens with one attached hydrogen (secondary N) is 1. The molecular formula is C17H23N3O. The van der Waals surface area contributed by atoms with Gasteiger partial charge >= 0.3 is 0 Å². The highest BCUT2D eigenvalue weighted by atomic mass is 16.5. The van der Waals surface area contributed by atoms with Crippen molar-refractivity contribution < 1.29 is 4.74 Å². The molecule has 4 heteroatoms. The lowest BCUT2D eigenvalue weighted by atomic mass is 10.2. The van der Waals surface area contributed by atoms with Gasteiger partial charge in [-0.3, -0.25) is 0 Å². The Bertz CT molecular complexity index is 584. The van der Waals surface area contributed by atoms with Crippen LogP contribution in [0.5, 0.6) is 11.6 Å². The Balaban J connectivity index is 2.22. The van der Waals surface area contributed by atoms with Crippen LogP contribution in [0.15, 0.2) is 30.3 Å². The zero-order valence-corrected chi connectivity index (χ0v) is 13.0. The Hall–Kier alpha value is -2.10. The van der Waals surface area contributed by atoms with Crippen LogP contribution in [0.1, 0.15) is 38.1 Å². The normalized spacial score (nSPS) is 10.4. The molecule has 4 nitrogen and oxygen atoms in total. The van der Waals surface area contributed by atoms with E-state index in [2.05, 4.69) is 29.1 Å². The molecule has 0 saturated carbocycles. The summed E-state index contributed by atoms with van der Waals surface area (Å²) in [5.74, 6) is 3.05. The number of hydrogen-bond donors (Lipinski definition) is 1. The fourth-order valence-electron chi connectivity index (χ4n) is 2.00. The number of rotatable bonds is 7. The molecule has 0 atom stereocenters. The van der Waals surface area contributed by atoms with Gasteiger partial charge in [0.25, 0.3) is 0 Å². The van der Waals surface area contributed by atoms with Crippen molar-refractivity contribution in [2.24, 2.45) is 0 Å². The van der Waals surface area contributed by atoms with Gasteiger partial charge in [0, 0.05) is 19.0 Å². The summed E-state index contributed by atoms with van der Waals surface area (Å²) in [6.07, 6.45) is 2.92. The van der Waals surface area contributed by atoms with Crippen LogP contribution in [-0.4, -0.2) is 16.5 Å². The molecule has 0 bridgehead atoms. The van der Waals surface area contributed by atoms with Crippen molar-refractivity contribution >= 4 is 5.82 Å². The second-order valence-electron chi connectivity index (χ2n) is 5.10. The largest absolute Gasteiger partial charge is 0.439 e. The summed E-state index contributed by atoms with van der Waals surface area (Å²) in [7, 11) is 0. The van der Waals surface area contributed by atoms with Crippen molar-refractivity contribution in [2.45, 2.75) is 40.0 Å². The first-order valence-electron chi connectivity index (χ1n) is 7.57. The smallest absolute Gasteiger partial charge is 0.224 e. The standard InChI is InChI=1S/C17H23N3O/c1-4-7-15-19-16(18-10-5-2)12-17(20-15)21-14-9-6-8-13(3)11-14/h6,8-9,11-12H,4-5,7,10H2,1-3H3,(H,18,19,20). The van der Waals surface area contributed by atoms with Crippen molar-refractivity contribution in [1.29, 1.82) is 0 Å². The van der Waals surface area contributed by atoms with Crippen LogP contribution in [0.4, 0.5) is 5.82 Å². The van der Waals surface area contributed by atoms with Gasteiger partial charge in [0.1, 0.15) is 17.4 Å². The molecule has 2 rings (SSSR count). The third kappa shape index (κ3) is 4.74. The van der Waals surface area contributed by atoms with Crippen molar-refractivity contribution in [3.8, 4) is 11.6 Å². The topological polar surface area (TPSA) is 47.0 Å². The number of aromatic nitrogens is 2. The second kappa shape index (κ2) is 7.62. The quantitative estimate of drug-likeness (QED) is 0.821. The van der Waals surface area contributed by atoms with Gasteiger partial charge in [-0.2, -0.15) is 4.98 Å². The molecule has 0 aliphatic carbocycles. The average molecular weight is 285 g/mol. The van der Waals surface area contributed by atoms with E-state index in [0.29, 0.717) is 5.88 Å². The van der Waals surface area contributed by atoms with E-state index >= 15 is 0 Å². The van der Waals surface area contributed by atoms with E-state index in [0.717, 1.165) is 43.2 Å². The van der Waals surface area contributed by atoms with Crippen LogP contribution in [-0.2, 0) is 6.42 Å². The summed E-state index contributed by atoms with van der Waals surface area (Å²) in [5.41, 5.74) is 1.17. The monoisotopic (exact) mass is 285 g/mol. The molecule has 0 fully saturated rings. The van der Waals surface area contributed by atoms with Gasteiger partial charge in [-0.15, -0.1) is 0 Å². The lowest BCUT2D eigenvalue weighted by molar-refractivity contribution is 0.458. The zero-order chi connectivity index (χ0) is 15.1. The molecule has 0 saturated heterocycles. The Morgan fingerprint density at radius 1 is 1.10 bits per heavy atom. The maximum absolute atomic E-state index is 5.88. The van der Waals surface area contributed by atoms with Gasteiger partial charge in [0.2, 0.25) is 5.88 Å². The predicted octanol–water partition coefficient (Wildman–Crippen LogP) is 4.35. The van der Waals surface area contributed by atoms with Crippen molar-refractivity contribution in [1.82, 2.24) is 9.97 Å². The van der Waals surface area contributed by atoms with Gasteiger partial charge in [0.05, 0.1) is 0 Å². The van der Waals surface area contributed by atoms with Crippen molar-refractivity contribution in [3.63, 3.8) is 0 Å². The molecule has 0 spiro atoms. The van der Waals surface area contributed by atoms with E-state index in [1.165, 1.54) is 5.56 Å². The molecule has 0 unspecified atom stereocenters. The summed E-state index contributed by atoms with van der Waals surface area (Å²) in [4.78, 5) is 9.00. The van der Waals surface area contributed by atoms with Crippen LogP contribution in [0.2, 0.25) is 0 Å². The Morgan fingerprint density at radius 3 is 2.67 bits per heavy atom. The molecule has 1 N–H and O–H groups in total. The number of aryl methyl sites for hydroxylation is 2.